The van der Waals surface area contributed by atoms with Crippen molar-refractivity contribution in [3.8, 4) is 0 Å². The van der Waals surface area contributed by atoms with Crippen LogP contribution in [0.2, 0.25) is 0 Å². The van der Waals surface area contributed by atoms with Crippen molar-refractivity contribution in [3.05, 3.63) is 66.0 Å². The van der Waals surface area contributed by atoms with Crippen molar-refractivity contribution in [2.45, 2.75) is 24.3 Å². The molecule has 6 heteroatoms. The molecule has 0 radical (unpaired) electrons. The Morgan fingerprint density at radius 3 is 2.75 bits per heavy atom. The number of benzene rings is 1. The summed E-state index contributed by atoms with van der Waals surface area (Å²) in [6.07, 6.45) is 4.04. The fourth-order valence-electron chi connectivity index (χ4n) is 3.48. The van der Waals surface area contributed by atoms with E-state index >= 15 is 0 Å². The molecule has 1 unspecified atom stereocenters. The Balaban J connectivity index is 1.66. The van der Waals surface area contributed by atoms with E-state index in [9.17, 15) is 8.42 Å². The molecule has 0 N–H and O–H groups in total. The number of nitrogens with zero attached hydrogens (tertiary/aromatic N) is 3. The third-order valence-electron chi connectivity index (χ3n) is 4.77. The van der Waals surface area contributed by atoms with Crippen molar-refractivity contribution in [3.63, 3.8) is 0 Å². The van der Waals surface area contributed by atoms with Gasteiger partial charge in [0.05, 0.1) is 6.20 Å². The van der Waals surface area contributed by atoms with Crippen LogP contribution in [0.4, 0.5) is 0 Å². The van der Waals surface area contributed by atoms with Crippen molar-refractivity contribution in [2.75, 3.05) is 13.1 Å². The molecular weight excluding hydrogens is 322 g/mol. The van der Waals surface area contributed by atoms with Gasteiger partial charge in [-0.2, -0.15) is 4.31 Å². The number of fused-ring (bicyclic) bond motifs is 1. The molecule has 24 heavy (non-hydrogen) atoms. The van der Waals surface area contributed by atoms with Gasteiger partial charge in [-0.05, 0) is 42.5 Å². The first kappa shape index (κ1) is 15.4. The first-order valence-electron chi connectivity index (χ1n) is 8.05. The second kappa shape index (κ2) is 5.72. The molecule has 0 saturated carbocycles. The SMILES string of the molecule is Cc1ccccc1C1CCN(S(=O)(=O)c2cnc3ccccn23)C1. The summed E-state index contributed by atoms with van der Waals surface area (Å²) in [6, 6.07) is 13.7. The molecule has 4 rings (SSSR count). The van der Waals surface area contributed by atoms with Crippen LogP contribution >= 0.6 is 0 Å². The summed E-state index contributed by atoms with van der Waals surface area (Å²) in [5.74, 6) is 0.250. The number of hydrogen-bond donors (Lipinski definition) is 0. The molecule has 0 aliphatic carbocycles. The molecule has 1 aliphatic rings. The van der Waals surface area contributed by atoms with E-state index in [-0.39, 0.29) is 10.9 Å². The minimum Gasteiger partial charge on any atom is -0.289 e. The molecule has 1 aromatic carbocycles. The largest absolute Gasteiger partial charge is 0.289 e. The van der Waals surface area contributed by atoms with E-state index in [2.05, 4.69) is 24.0 Å². The van der Waals surface area contributed by atoms with E-state index in [0.717, 1.165) is 6.42 Å². The molecule has 5 nitrogen and oxygen atoms in total. The minimum atomic E-state index is -3.54. The van der Waals surface area contributed by atoms with Crippen molar-refractivity contribution in [1.29, 1.82) is 0 Å². The zero-order valence-electron chi connectivity index (χ0n) is 13.5. The zero-order valence-corrected chi connectivity index (χ0v) is 14.3. The fourth-order valence-corrected chi connectivity index (χ4v) is 5.05. The smallest absolute Gasteiger partial charge is 0.260 e. The number of imidazole rings is 1. The lowest BCUT2D eigenvalue weighted by Crippen LogP contribution is -2.29. The molecule has 2 aromatic heterocycles. The third kappa shape index (κ3) is 2.42. The normalized spacial score (nSPS) is 19.1. The Morgan fingerprint density at radius 1 is 1.12 bits per heavy atom. The highest BCUT2D eigenvalue weighted by Gasteiger charge is 2.35. The maximum absolute atomic E-state index is 13.0. The number of rotatable bonds is 3. The Kier molecular flexibility index (Phi) is 3.66. The molecular formula is C18H19N3O2S. The van der Waals surface area contributed by atoms with Gasteiger partial charge in [0.1, 0.15) is 5.65 Å². The summed E-state index contributed by atoms with van der Waals surface area (Å²) in [5.41, 5.74) is 3.11. The van der Waals surface area contributed by atoms with E-state index in [1.54, 1.807) is 21.0 Å². The van der Waals surface area contributed by atoms with Gasteiger partial charge >= 0.3 is 0 Å². The van der Waals surface area contributed by atoms with Gasteiger partial charge in [-0.15, -0.1) is 0 Å². The minimum absolute atomic E-state index is 0.239. The predicted molar refractivity (Wildman–Crippen MR) is 92.5 cm³/mol. The maximum atomic E-state index is 13.0. The molecule has 3 heterocycles. The summed E-state index contributed by atoms with van der Waals surface area (Å²) in [4.78, 5) is 4.20. The number of aryl methyl sites for hydroxylation is 1. The van der Waals surface area contributed by atoms with E-state index in [0.29, 0.717) is 18.7 Å². The van der Waals surface area contributed by atoms with Crippen LogP contribution < -0.4 is 0 Å². The average Bonchev–Trinajstić information content (AvgIpc) is 3.23. The van der Waals surface area contributed by atoms with Crippen molar-refractivity contribution < 1.29 is 8.42 Å². The zero-order chi connectivity index (χ0) is 16.7. The molecule has 0 bridgehead atoms. The fraction of sp³-hybridized carbons (Fsp3) is 0.278. The summed E-state index contributed by atoms with van der Waals surface area (Å²) in [7, 11) is -3.54. The van der Waals surface area contributed by atoms with Crippen LogP contribution in [0.25, 0.3) is 5.65 Å². The van der Waals surface area contributed by atoms with Gasteiger partial charge in [0, 0.05) is 19.3 Å². The monoisotopic (exact) mass is 341 g/mol. The number of hydrogen-bond acceptors (Lipinski definition) is 3. The molecule has 1 atom stereocenters. The summed E-state index contributed by atoms with van der Waals surface area (Å²) < 4.78 is 29.3. The lowest BCUT2D eigenvalue weighted by molar-refractivity contribution is 0.469. The van der Waals surface area contributed by atoms with Crippen LogP contribution in [0.15, 0.2) is 59.9 Å². The highest BCUT2D eigenvalue weighted by atomic mass is 32.2. The molecule has 3 aromatic rings. The van der Waals surface area contributed by atoms with Crippen LogP contribution in [0.3, 0.4) is 0 Å². The Labute approximate surface area is 141 Å². The highest BCUT2D eigenvalue weighted by Crippen LogP contribution is 2.32. The standard InChI is InChI=1S/C18H19N3O2S/c1-14-6-2-3-7-16(14)15-9-11-20(13-15)24(22,23)18-12-19-17-8-4-5-10-21(17)18/h2-8,10,12,15H,9,11,13H2,1H3. The van der Waals surface area contributed by atoms with E-state index < -0.39 is 10.0 Å². The second-order valence-electron chi connectivity index (χ2n) is 6.23. The molecule has 124 valence electrons. The van der Waals surface area contributed by atoms with Crippen molar-refractivity contribution in [2.24, 2.45) is 0 Å². The van der Waals surface area contributed by atoms with Gasteiger partial charge in [0.15, 0.2) is 5.03 Å². The van der Waals surface area contributed by atoms with Crippen LogP contribution in [0.1, 0.15) is 23.5 Å². The van der Waals surface area contributed by atoms with Crippen LogP contribution in [0, 0.1) is 6.92 Å². The number of pyridine rings is 1. The van der Waals surface area contributed by atoms with Crippen LogP contribution in [-0.4, -0.2) is 35.2 Å². The van der Waals surface area contributed by atoms with Crippen molar-refractivity contribution >= 4 is 15.7 Å². The predicted octanol–water partition coefficient (Wildman–Crippen LogP) is 2.82. The topological polar surface area (TPSA) is 54.7 Å². The summed E-state index contributed by atoms with van der Waals surface area (Å²) in [6.45, 7) is 3.14. The van der Waals surface area contributed by atoms with E-state index in [4.69, 9.17) is 0 Å². The lowest BCUT2D eigenvalue weighted by atomic mass is 9.94. The molecule has 1 aliphatic heterocycles. The van der Waals surface area contributed by atoms with Crippen molar-refractivity contribution in [1.82, 2.24) is 13.7 Å². The van der Waals surface area contributed by atoms with Gasteiger partial charge in [-0.3, -0.25) is 4.40 Å². The Morgan fingerprint density at radius 2 is 1.92 bits per heavy atom. The van der Waals surface area contributed by atoms with Crippen LogP contribution in [-0.2, 0) is 10.0 Å². The van der Waals surface area contributed by atoms with E-state index in [1.807, 2.05) is 24.3 Å². The third-order valence-corrected chi connectivity index (χ3v) is 6.61. The Bertz CT molecular complexity index is 994. The van der Waals surface area contributed by atoms with Gasteiger partial charge in [0.2, 0.25) is 0 Å². The quantitative estimate of drug-likeness (QED) is 0.736. The van der Waals surface area contributed by atoms with Gasteiger partial charge in [-0.25, -0.2) is 13.4 Å². The van der Waals surface area contributed by atoms with Gasteiger partial charge in [-0.1, -0.05) is 30.3 Å². The number of sulfonamides is 1. The molecule has 0 amide bonds. The molecule has 1 saturated heterocycles. The first-order valence-corrected chi connectivity index (χ1v) is 9.49. The average molecular weight is 341 g/mol. The molecule has 1 fully saturated rings. The maximum Gasteiger partial charge on any atom is 0.260 e. The Hall–Kier alpha value is -2.18. The molecule has 0 spiro atoms. The van der Waals surface area contributed by atoms with Gasteiger partial charge in [0.25, 0.3) is 10.0 Å². The second-order valence-corrected chi connectivity index (χ2v) is 8.12. The van der Waals surface area contributed by atoms with Crippen LogP contribution in [0.5, 0.6) is 0 Å². The van der Waals surface area contributed by atoms with Gasteiger partial charge < -0.3 is 0 Å². The highest BCUT2D eigenvalue weighted by molar-refractivity contribution is 7.89. The first-order chi connectivity index (χ1) is 11.6. The van der Waals surface area contributed by atoms with E-state index in [1.165, 1.54) is 17.3 Å². The number of aromatic nitrogens is 2. The lowest BCUT2D eigenvalue weighted by Gasteiger charge is -2.17. The summed E-state index contributed by atoms with van der Waals surface area (Å²) >= 11 is 0. The summed E-state index contributed by atoms with van der Waals surface area (Å²) in [5, 5.41) is 0.239.